The molecule has 1 aromatic carbocycles. The molecular weight excluding hydrogens is 230 g/mol. The van der Waals surface area contributed by atoms with Crippen molar-refractivity contribution in [2.24, 2.45) is 0 Å². The van der Waals surface area contributed by atoms with Crippen molar-refractivity contribution in [2.75, 3.05) is 27.3 Å². The number of carbonyl (C=O) groups excluding carboxylic acids is 1. The molecule has 1 saturated heterocycles. The van der Waals surface area contributed by atoms with Crippen LogP contribution in [0.4, 0.5) is 0 Å². The molecule has 4 nitrogen and oxygen atoms in total. The lowest BCUT2D eigenvalue weighted by molar-refractivity contribution is -0.226. The van der Waals surface area contributed by atoms with E-state index in [4.69, 9.17) is 9.47 Å². The third-order valence-corrected chi connectivity index (χ3v) is 3.58. The molecule has 1 aliphatic heterocycles. The minimum atomic E-state index is -0.520. The van der Waals surface area contributed by atoms with Crippen molar-refractivity contribution in [1.82, 2.24) is 4.90 Å². The van der Waals surface area contributed by atoms with Crippen molar-refractivity contribution in [3.05, 3.63) is 35.9 Å². The Kier molecular flexibility index (Phi) is 3.99. The van der Waals surface area contributed by atoms with Crippen LogP contribution in [-0.4, -0.2) is 43.9 Å². The molecule has 2 rings (SSSR count). The van der Waals surface area contributed by atoms with E-state index in [0.717, 1.165) is 5.56 Å². The average Bonchev–Trinajstić information content (AvgIpc) is 2.47. The molecule has 1 heterocycles. The summed E-state index contributed by atoms with van der Waals surface area (Å²) in [5, 5.41) is 0. The summed E-state index contributed by atoms with van der Waals surface area (Å²) in [7, 11) is 3.30. The van der Waals surface area contributed by atoms with Crippen molar-refractivity contribution in [3.8, 4) is 0 Å². The number of rotatable bonds is 3. The van der Waals surface area contributed by atoms with Gasteiger partial charge in [0.15, 0.2) is 5.79 Å². The van der Waals surface area contributed by atoms with E-state index in [0.29, 0.717) is 25.9 Å². The van der Waals surface area contributed by atoms with Crippen LogP contribution in [0.2, 0.25) is 0 Å². The Morgan fingerprint density at radius 1 is 1.11 bits per heavy atom. The second kappa shape index (κ2) is 5.50. The molecule has 0 atom stereocenters. The van der Waals surface area contributed by atoms with Crippen LogP contribution in [0.25, 0.3) is 0 Å². The topological polar surface area (TPSA) is 38.8 Å². The lowest BCUT2D eigenvalue weighted by atomic mass is 10.0. The lowest BCUT2D eigenvalue weighted by Gasteiger charge is -2.39. The highest BCUT2D eigenvalue weighted by molar-refractivity contribution is 5.94. The maximum absolute atomic E-state index is 12.2. The molecule has 0 aliphatic carbocycles. The predicted molar refractivity (Wildman–Crippen MR) is 68.3 cm³/mol. The molecule has 1 aliphatic rings. The standard InChI is InChI=1S/C14H19NO3/c1-17-14(18-2)8-10-15(11-9-14)13(16)12-6-4-3-5-7-12/h3-7H,8-11H2,1-2H3. The fraction of sp³-hybridized carbons (Fsp3) is 0.500. The first-order valence-corrected chi connectivity index (χ1v) is 6.15. The number of benzene rings is 1. The largest absolute Gasteiger partial charge is 0.353 e. The van der Waals surface area contributed by atoms with Crippen molar-refractivity contribution in [3.63, 3.8) is 0 Å². The van der Waals surface area contributed by atoms with Crippen LogP contribution >= 0.6 is 0 Å². The molecular formula is C14H19NO3. The van der Waals surface area contributed by atoms with E-state index in [1.54, 1.807) is 14.2 Å². The summed E-state index contributed by atoms with van der Waals surface area (Å²) in [6, 6.07) is 9.36. The van der Waals surface area contributed by atoms with Gasteiger partial charge in [-0.05, 0) is 12.1 Å². The summed E-state index contributed by atoms with van der Waals surface area (Å²) in [5.74, 6) is -0.440. The Labute approximate surface area is 107 Å². The van der Waals surface area contributed by atoms with E-state index in [1.807, 2.05) is 35.2 Å². The van der Waals surface area contributed by atoms with Gasteiger partial charge in [0.05, 0.1) is 0 Å². The van der Waals surface area contributed by atoms with Crippen molar-refractivity contribution in [1.29, 1.82) is 0 Å². The van der Waals surface area contributed by atoms with E-state index in [9.17, 15) is 4.79 Å². The number of carbonyl (C=O) groups is 1. The fourth-order valence-corrected chi connectivity index (χ4v) is 2.31. The first kappa shape index (κ1) is 13.1. The SMILES string of the molecule is COC1(OC)CCN(C(=O)c2ccccc2)CC1. The van der Waals surface area contributed by atoms with E-state index >= 15 is 0 Å². The number of nitrogens with zero attached hydrogens (tertiary/aromatic N) is 1. The molecule has 0 aromatic heterocycles. The first-order chi connectivity index (χ1) is 8.71. The molecule has 0 spiro atoms. The molecule has 1 amide bonds. The van der Waals surface area contributed by atoms with Crippen LogP contribution in [0, 0.1) is 0 Å². The van der Waals surface area contributed by atoms with Gasteiger partial charge in [-0.2, -0.15) is 0 Å². The molecule has 0 radical (unpaired) electrons. The van der Waals surface area contributed by atoms with Crippen LogP contribution < -0.4 is 0 Å². The number of amides is 1. The van der Waals surface area contributed by atoms with Gasteiger partial charge in [-0.3, -0.25) is 4.79 Å². The van der Waals surface area contributed by atoms with Gasteiger partial charge in [-0.1, -0.05) is 18.2 Å². The fourth-order valence-electron chi connectivity index (χ4n) is 2.31. The van der Waals surface area contributed by atoms with E-state index in [1.165, 1.54) is 0 Å². The predicted octanol–water partition coefficient (Wildman–Crippen LogP) is 1.91. The number of piperidine rings is 1. The molecule has 4 heteroatoms. The van der Waals surface area contributed by atoms with E-state index in [2.05, 4.69) is 0 Å². The van der Waals surface area contributed by atoms with Gasteiger partial charge < -0.3 is 14.4 Å². The Balaban J connectivity index is 2.00. The van der Waals surface area contributed by atoms with Crippen LogP contribution in [0.3, 0.4) is 0 Å². The van der Waals surface area contributed by atoms with Gasteiger partial charge in [0.2, 0.25) is 0 Å². The Bertz CT molecular complexity index is 391. The highest BCUT2D eigenvalue weighted by atomic mass is 16.7. The zero-order valence-corrected chi connectivity index (χ0v) is 10.9. The second-order valence-corrected chi connectivity index (χ2v) is 4.48. The molecule has 0 bridgehead atoms. The third kappa shape index (κ3) is 2.54. The zero-order valence-electron chi connectivity index (χ0n) is 10.9. The molecule has 1 fully saturated rings. The van der Waals surface area contributed by atoms with Crippen molar-refractivity contribution < 1.29 is 14.3 Å². The third-order valence-electron chi connectivity index (χ3n) is 3.58. The van der Waals surface area contributed by atoms with Gasteiger partial charge in [-0.15, -0.1) is 0 Å². The second-order valence-electron chi connectivity index (χ2n) is 4.48. The number of hydrogen-bond donors (Lipinski definition) is 0. The quantitative estimate of drug-likeness (QED) is 0.768. The van der Waals surface area contributed by atoms with Gasteiger partial charge >= 0.3 is 0 Å². The minimum absolute atomic E-state index is 0.0800. The highest BCUT2D eigenvalue weighted by Gasteiger charge is 2.36. The van der Waals surface area contributed by atoms with Gasteiger partial charge in [-0.25, -0.2) is 0 Å². The zero-order chi connectivity index (χ0) is 13.0. The molecule has 0 unspecified atom stereocenters. The smallest absolute Gasteiger partial charge is 0.253 e. The number of likely N-dealkylation sites (tertiary alicyclic amines) is 1. The van der Waals surface area contributed by atoms with Crippen LogP contribution in [0.5, 0.6) is 0 Å². The summed E-state index contributed by atoms with van der Waals surface area (Å²) in [4.78, 5) is 14.1. The van der Waals surface area contributed by atoms with Crippen LogP contribution in [0.15, 0.2) is 30.3 Å². The molecule has 18 heavy (non-hydrogen) atoms. The Morgan fingerprint density at radius 2 is 1.67 bits per heavy atom. The van der Waals surface area contributed by atoms with Crippen molar-refractivity contribution in [2.45, 2.75) is 18.6 Å². The van der Waals surface area contributed by atoms with Crippen LogP contribution in [0.1, 0.15) is 23.2 Å². The van der Waals surface area contributed by atoms with Crippen molar-refractivity contribution >= 4 is 5.91 Å². The first-order valence-electron chi connectivity index (χ1n) is 6.15. The molecule has 1 aromatic rings. The number of methoxy groups -OCH3 is 2. The Morgan fingerprint density at radius 3 is 2.17 bits per heavy atom. The average molecular weight is 249 g/mol. The van der Waals surface area contributed by atoms with E-state index < -0.39 is 5.79 Å². The summed E-state index contributed by atoms with van der Waals surface area (Å²) in [5.41, 5.74) is 0.736. The summed E-state index contributed by atoms with van der Waals surface area (Å²) < 4.78 is 10.8. The van der Waals surface area contributed by atoms with Crippen LogP contribution in [-0.2, 0) is 9.47 Å². The number of hydrogen-bond acceptors (Lipinski definition) is 3. The maximum Gasteiger partial charge on any atom is 0.253 e. The summed E-state index contributed by atoms with van der Waals surface area (Å²) in [6.07, 6.45) is 1.41. The monoisotopic (exact) mass is 249 g/mol. The minimum Gasteiger partial charge on any atom is -0.353 e. The number of ether oxygens (including phenoxy) is 2. The van der Waals surface area contributed by atoms with Gasteiger partial charge in [0.25, 0.3) is 5.91 Å². The molecule has 0 N–H and O–H groups in total. The Hall–Kier alpha value is -1.39. The normalized spacial score (nSPS) is 18.7. The molecule has 0 saturated carbocycles. The molecule has 98 valence electrons. The van der Waals surface area contributed by atoms with E-state index in [-0.39, 0.29) is 5.91 Å². The summed E-state index contributed by atoms with van der Waals surface area (Å²) in [6.45, 7) is 1.32. The lowest BCUT2D eigenvalue weighted by Crippen LogP contribution is -2.48. The highest BCUT2D eigenvalue weighted by Crippen LogP contribution is 2.27. The van der Waals surface area contributed by atoms with Gasteiger partial charge in [0, 0.05) is 45.7 Å². The van der Waals surface area contributed by atoms with Gasteiger partial charge in [0.1, 0.15) is 0 Å². The maximum atomic E-state index is 12.2. The summed E-state index contributed by atoms with van der Waals surface area (Å²) >= 11 is 0.